The number of nitrogens with zero attached hydrogens (tertiary/aromatic N) is 1. The van der Waals surface area contributed by atoms with Gasteiger partial charge in [-0.2, -0.15) is 13.2 Å². The highest BCUT2D eigenvalue weighted by Crippen LogP contribution is 2.31. The van der Waals surface area contributed by atoms with E-state index in [0.29, 0.717) is 16.1 Å². The van der Waals surface area contributed by atoms with Gasteiger partial charge in [0.05, 0.1) is 5.92 Å². The summed E-state index contributed by atoms with van der Waals surface area (Å²) in [6, 6.07) is 8.80. The molecule has 1 heterocycles. The van der Waals surface area contributed by atoms with E-state index in [2.05, 4.69) is 4.98 Å². The van der Waals surface area contributed by atoms with Crippen molar-refractivity contribution in [2.45, 2.75) is 19.0 Å². The minimum absolute atomic E-state index is 0.196. The number of carbonyl (C=O) groups excluding carboxylic acids is 1. The minimum atomic E-state index is -4.50. The maximum Gasteiger partial charge on any atom is 0.433 e. The van der Waals surface area contributed by atoms with Gasteiger partial charge in [-0.05, 0) is 36.2 Å². The molecule has 0 radical (unpaired) electrons. The summed E-state index contributed by atoms with van der Waals surface area (Å²) in [6.07, 6.45) is -3.42. The normalized spacial score (nSPS) is 13.0. The number of pyridine rings is 1. The average molecular weight is 314 g/mol. The van der Waals surface area contributed by atoms with Crippen LogP contribution in [0.15, 0.2) is 42.6 Å². The Balaban J connectivity index is 2.42. The summed E-state index contributed by atoms with van der Waals surface area (Å²) in [5.74, 6) is -0.877. The highest BCUT2D eigenvalue weighted by molar-refractivity contribution is 6.30. The van der Waals surface area contributed by atoms with Crippen molar-refractivity contribution in [3.8, 4) is 0 Å². The molecular formula is C15H11ClF3NO. The number of hydrogen-bond acceptors (Lipinski definition) is 2. The number of hydrogen-bond donors (Lipinski definition) is 0. The van der Waals surface area contributed by atoms with Crippen molar-refractivity contribution < 1.29 is 18.0 Å². The van der Waals surface area contributed by atoms with Crippen molar-refractivity contribution in [2.75, 3.05) is 0 Å². The number of Topliss-reactive ketones (excluding diaryl/α,β-unsaturated/α-hetero) is 1. The van der Waals surface area contributed by atoms with E-state index < -0.39 is 17.8 Å². The van der Waals surface area contributed by atoms with Crippen LogP contribution in [0.5, 0.6) is 0 Å². The van der Waals surface area contributed by atoms with Crippen molar-refractivity contribution in [3.05, 3.63) is 64.4 Å². The Kier molecular flexibility index (Phi) is 4.32. The zero-order valence-electron chi connectivity index (χ0n) is 11.0. The average Bonchev–Trinajstić information content (AvgIpc) is 2.38. The van der Waals surface area contributed by atoms with Crippen LogP contribution in [0.25, 0.3) is 0 Å². The summed E-state index contributed by atoms with van der Waals surface area (Å²) >= 11 is 5.89. The van der Waals surface area contributed by atoms with Crippen LogP contribution in [0.1, 0.15) is 29.7 Å². The molecule has 1 aromatic heterocycles. The van der Waals surface area contributed by atoms with Crippen molar-refractivity contribution in [2.24, 2.45) is 0 Å². The number of benzene rings is 1. The van der Waals surface area contributed by atoms with Crippen molar-refractivity contribution in [3.63, 3.8) is 0 Å². The number of ketones is 1. The van der Waals surface area contributed by atoms with Crippen LogP contribution in [0.3, 0.4) is 0 Å². The SMILES string of the molecule is CC(=O)C(c1ccc(C(F)(F)F)nc1)c1cccc(Cl)c1. The predicted octanol–water partition coefficient (Wildman–Crippen LogP) is 4.47. The van der Waals surface area contributed by atoms with Gasteiger partial charge in [-0.15, -0.1) is 0 Å². The topological polar surface area (TPSA) is 30.0 Å². The quantitative estimate of drug-likeness (QED) is 0.836. The van der Waals surface area contributed by atoms with E-state index in [4.69, 9.17) is 11.6 Å². The van der Waals surface area contributed by atoms with Gasteiger partial charge >= 0.3 is 6.18 Å². The highest BCUT2D eigenvalue weighted by Gasteiger charge is 2.32. The fourth-order valence-corrected chi connectivity index (χ4v) is 2.29. The molecule has 0 saturated heterocycles. The Bertz CT molecular complexity index is 653. The molecule has 0 aliphatic rings. The van der Waals surface area contributed by atoms with Crippen LogP contribution in [-0.2, 0) is 11.0 Å². The molecule has 0 bridgehead atoms. The standard InChI is InChI=1S/C15H11ClF3NO/c1-9(21)14(10-3-2-4-12(16)7-10)11-5-6-13(20-8-11)15(17,18)19/h2-8,14H,1H3. The van der Waals surface area contributed by atoms with Gasteiger partial charge in [0, 0.05) is 11.2 Å². The van der Waals surface area contributed by atoms with Gasteiger partial charge < -0.3 is 0 Å². The Hall–Kier alpha value is -1.88. The first-order valence-electron chi connectivity index (χ1n) is 6.08. The Morgan fingerprint density at radius 3 is 2.38 bits per heavy atom. The maximum atomic E-state index is 12.5. The van der Waals surface area contributed by atoms with Crippen molar-refractivity contribution >= 4 is 17.4 Å². The molecule has 0 fully saturated rings. The third-order valence-corrected chi connectivity index (χ3v) is 3.23. The molecule has 2 aromatic rings. The van der Waals surface area contributed by atoms with Gasteiger partial charge in [-0.3, -0.25) is 9.78 Å². The number of rotatable bonds is 3. The molecule has 0 aliphatic carbocycles. The van der Waals surface area contributed by atoms with Gasteiger partial charge in [0.2, 0.25) is 0 Å². The van der Waals surface area contributed by atoms with Crippen LogP contribution in [0.4, 0.5) is 13.2 Å². The first kappa shape index (κ1) is 15.5. The molecule has 1 atom stereocenters. The van der Waals surface area contributed by atoms with E-state index in [1.807, 2.05) is 0 Å². The monoisotopic (exact) mass is 313 g/mol. The van der Waals surface area contributed by atoms with E-state index in [1.54, 1.807) is 24.3 Å². The van der Waals surface area contributed by atoms with Crippen LogP contribution >= 0.6 is 11.6 Å². The molecule has 1 aromatic carbocycles. The third kappa shape index (κ3) is 3.61. The highest BCUT2D eigenvalue weighted by atomic mass is 35.5. The zero-order valence-corrected chi connectivity index (χ0v) is 11.7. The summed E-state index contributed by atoms with van der Waals surface area (Å²) in [5, 5.41) is 0.457. The fourth-order valence-electron chi connectivity index (χ4n) is 2.09. The van der Waals surface area contributed by atoms with Gasteiger partial charge in [0.1, 0.15) is 11.5 Å². The third-order valence-electron chi connectivity index (χ3n) is 3.00. The van der Waals surface area contributed by atoms with Gasteiger partial charge in [0.15, 0.2) is 0 Å². The van der Waals surface area contributed by atoms with Gasteiger partial charge in [-0.1, -0.05) is 29.8 Å². The summed E-state index contributed by atoms with van der Waals surface area (Å²) in [5.41, 5.74) is 0.0361. The van der Waals surface area contributed by atoms with E-state index >= 15 is 0 Å². The molecule has 6 heteroatoms. The molecule has 21 heavy (non-hydrogen) atoms. The van der Waals surface area contributed by atoms with Gasteiger partial charge in [0.25, 0.3) is 0 Å². The number of aromatic nitrogens is 1. The second-order valence-corrected chi connectivity index (χ2v) is 5.01. The summed E-state index contributed by atoms with van der Waals surface area (Å²) in [4.78, 5) is 15.2. The summed E-state index contributed by atoms with van der Waals surface area (Å²) < 4.78 is 37.5. The Labute approximate surface area is 124 Å². The number of carbonyl (C=O) groups is 1. The van der Waals surface area contributed by atoms with Crippen LogP contribution in [-0.4, -0.2) is 10.8 Å². The van der Waals surface area contributed by atoms with E-state index in [0.717, 1.165) is 12.3 Å². The molecule has 0 spiro atoms. The number of halogens is 4. The number of alkyl halides is 3. The zero-order chi connectivity index (χ0) is 15.6. The molecule has 0 aliphatic heterocycles. The van der Waals surface area contributed by atoms with Crippen molar-refractivity contribution in [1.29, 1.82) is 0 Å². The van der Waals surface area contributed by atoms with Gasteiger partial charge in [-0.25, -0.2) is 0 Å². The van der Waals surface area contributed by atoms with E-state index in [-0.39, 0.29) is 5.78 Å². The van der Waals surface area contributed by atoms with Crippen LogP contribution in [0.2, 0.25) is 5.02 Å². The fraction of sp³-hybridized carbons (Fsp3) is 0.200. The lowest BCUT2D eigenvalue weighted by molar-refractivity contribution is -0.141. The smallest absolute Gasteiger partial charge is 0.299 e. The second kappa shape index (κ2) is 5.85. The molecule has 110 valence electrons. The summed E-state index contributed by atoms with van der Waals surface area (Å²) in [7, 11) is 0. The van der Waals surface area contributed by atoms with E-state index in [9.17, 15) is 18.0 Å². The first-order chi connectivity index (χ1) is 9.79. The molecule has 2 nitrogen and oxygen atoms in total. The minimum Gasteiger partial charge on any atom is -0.299 e. The summed E-state index contributed by atoms with van der Waals surface area (Å²) in [6.45, 7) is 1.38. The molecule has 2 rings (SSSR count). The lowest BCUT2D eigenvalue weighted by Crippen LogP contribution is -2.13. The van der Waals surface area contributed by atoms with Crippen LogP contribution < -0.4 is 0 Å². The lowest BCUT2D eigenvalue weighted by atomic mass is 9.89. The van der Waals surface area contributed by atoms with E-state index in [1.165, 1.54) is 13.0 Å². The predicted molar refractivity (Wildman–Crippen MR) is 73.2 cm³/mol. The molecule has 0 N–H and O–H groups in total. The molecule has 0 amide bonds. The Morgan fingerprint density at radius 1 is 1.19 bits per heavy atom. The second-order valence-electron chi connectivity index (χ2n) is 4.57. The van der Waals surface area contributed by atoms with Crippen LogP contribution in [0, 0.1) is 0 Å². The molecule has 0 saturated carbocycles. The molecule has 1 unspecified atom stereocenters. The molecular weight excluding hydrogens is 303 g/mol. The maximum absolute atomic E-state index is 12.5. The van der Waals surface area contributed by atoms with Crippen molar-refractivity contribution in [1.82, 2.24) is 4.98 Å². The largest absolute Gasteiger partial charge is 0.433 e. The Morgan fingerprint density at radius 2 is 1.90 bits per heavy atom. The first-order valence-corrected chi connectivity index (χ1v) is 6.46. The lowest BCUT2D eigenvalue weighted by Gasteiger charge is -2.15.